The molecule has 0 aliphatic carbocycles. The van der Waals surface area contributed by atoms with Crippen LogP contribution in [0.5, 0.6) is 5.75 Å². The molecule has 220 valence electrons. The fraction of sp³-hybridized carbons (Fsp3) is 0.552. The van der Waals surface area contributed by atoms with Gasteiger partial charge in [-0.15, -0.1) is 0 Å². The number of fused-ring (bicyclic) bond motifs is 1. The van der Waals surface area contributed by atoms with Crippen LogP contribution in [0.15, 0.2) is 42.5 Å². The van der Waals surface area contributed by atoms with Gasteiger partial charge in [-0.05, 0) is 61.1 Å². The van der Waals surface area contributed by atoms with Crippen LogP contribution in [0.25, 0.3) is 0 Å². The van der Waals surface area contributed by atoms with E-state index in [4.69, 9.17) is 23.7 Å². The summed E-state index contributed by atoms with van der Waals surface area (Å²) in [6.45, 7) is 7.70. The van der Waals surface area contributed by atoms with Crippen molar-refractivity contribution in [3.63, 3.8) is 0 Å². The van der Waals surface area contributed by atoms with E-state index in [9.17, 15) is 13.2 Å². The van der Waals surface area contributed by atoms with Gasteiger partial charge in [0.2, 0.25) is 15.8 Å². The van der Waals surface area contributed by atoms with Gasteiger partial charge < -0.3 is 28.6 Å². The van der Waals surface area contributed by atoms with Gasteiger partial charge in [0.15, 0.2) is 0 Å². The summed E-state index contributed by atoms with van der Waals surface area (Å²) in [7, 11) is -3.30. The van der Waals surface area contributed by atoms with E-state index >= 15 is 0 Å². The topological polar surface area (TPSA) is 113 Å². The first kappa shape index (κ1) is 30.1. The van der Waals surface area contributed by atoms with Gasteiger partial charge in [0.1, 0.15) is 11.9 Å². The molecule has 0 bridgehead atoms. The van der Waals surface area contributed by atoms with Gasteiger partial charge in [0, 0.05) is 51.5 Å². The summed E-state index contributed by atoms with van der Waals surface area (Å²) in [6.07, 6.45) is 4.13. The van der Waals surface area contributed by atoms with Gasteiger partial charge in [-0.1, -0.05) is 18.2 Å². The summed E-state index contributed by atoms with van der Waals surface area (Å²) in [6, 6.07) is 13.0. The lowest BCUT2D eigenvalue weighted by Gasteiger charge is -2.32. The van der Waals surface area contributed by atoms with E-state index in [1.165, 1.54) is 0 Å². The molecule has 1 saturated heterocycles. The van der Waals surface area contributed by atoms with Crippen LogP contribution < -0.4 is 9.46 Å². The summed E-state index contributed by atoms with van der Waals surface area (Å²) < 4.78 is 53.8. The number of rotatable bonds is 15. The number of carbonyl (C=O) groups excluding carboxylic acids is 1. The molecule has 1 unspecified atom stereocenters. The molecule has 2 aromatic rings. The zero-order valence-electron chi connectivity index (χ0n) is 23.5. The molecule has 0 spiro atoms. The van der Waals surface area contributed by atoms with Crippen molar-refractivity contribution < 1.29 is 36.9 Å². The lowest BCUT2D eigenvalue weighted by Crippen LogP contribution is -2.35. The summed E-state index contributed by atoms with van der Waals surface area (Å²) >= 11 is 0. The molecular formula is C29H40N2O8S. The number of benzene rings is 2. The number of anilines is 1. The number of ether oxygens (including phenoxy) is 5. The van der Waals surface area contributed by atoms with E-state index in [1.807, 2.05) is 38.1 Å². The Morgan fingerprint density at radius 1 is 1.02 bits per heavy atom. The van der Waals surface area contributed by atoms with E-state index in [0.29, 0.717) is 51.8 Å². The van der Waals surface area contributed by atoms with Crippen molar-refractivity contribution in [1.29, 1.82) is 0 Å². The Hall–Kier alpha value is -2.86. The number of hydrogen-bond acceptors (Lipinski definition) is 8. The molecule has 1 amide bonds. The molecule has 2 aliphatic heterocycles. The van der Waals surface area contributed by atoms with E-state index in [-0.39, 0.29) is 12.2 Å². The second-order valence-corrected chi connectivity index (χ2v) is 12.4. The first-order valence-electron chi connectivity index (χ1n) is 13.7. The molecule has 2 aliphatic rings. The molecule has 0 aromatic heterocycles. The molecule has 1 fully saturated rings. The average Bonchev–Trinajstić information content (AvgIpc) is 3.26. The van der Waals surface area contributed by atoms with Gasteiger partial charge in [-0.3, -0.25) is 4.72 Å². The van der Waals surface area contributed by atoms with Crippen LogP contribution in [0.3, 0.4) is 0 Å². The van der Waals surface area contributed by atoms with Crippen LogP contribution >= 0.6 is 0 Å². The predicted molar refractivity (Wildman–Crippen MR) is 151 cm³/mol. The number of nitrogens with zero attached hydrogens (tertiary/aromatic N) is 1. The standard InChI is InChI=1S/C29H40N2O8S/c1-29(2)37-21-24-18-23(11-12-26(24)39-29)27-19-31(28(32)38-27)13-5-4-6-14-35-15-8-16-36-20-22-9-7-10-25(17-22)30-40(3,33)34/h7,9-12,17-18,27,30H,4-6,8,13-16,19-21H2,1-3H3. The van der Waals surface area contributed by atoms with E-state index in [1.54, 1.807) is 23.1 Å². The quantitative estimate of drug-likeness (QED) is 0.295. The van der Waals surface area contributed by atoms with Crippen molar-refractivity contribution >= 4 is 21.8 Å². The second kappa shape index (κ2) is 13.7. The van der Waals surface area contributed by atoms with Crippen molar-refractivity contribution in [2.24, 2.45) is 0 Å². The molecule has 40 heavy (non-hydrogen) atoms. The Balaban J connectivity index is 1.03. The van der Waals surface area contributed by atoms with Crippen molar-refractivity contribution in [3.05, 3.63) is 59.2 Å². The molecular weight excluding hydrogens is 536 g/mol. The second-order valence-electron chi connectivity index (χ2n) is 10.6. The summed E-state index contributed by atoms with van der Waals surface area (Å²) in [5.41, 5.74) is 3.35. The van der Waals surface area contributed by atoms with Crippen molar-refractivity contribution in [2.45, 2.75) is 64.6 Å². The number of sulfonamides is 1. The highest BCUT2D eigenvalue weighted by Gasteiger charge is 2.33. The van der Waals surface area contributed by atoms with Crippen molar-refractivity contribution in [3.8, 4) is 5.75 Å². The average molecular weight is 577 g/mol. The number of carbonyl (C=O) groups is 1. The molecule has 2 aromatic carbocycles. The maximum Gasteiger partial charge on any atom is 0.410 e. The highest BCUT2D eigenvalue weighted by Crippen LogP contribution is 2.35. The van der Waals surface area contributed by atoms with E-state index in [2.05, 4.69) is 4.72 Å². The summed E-state index contributed by atoms with van der Waals surface area (Å²) in [4.78, 5) is 14.1. The predicted octanol–water partition coefficient (Wildman–Crippen LogP) is 4.99. The van der Waals surface area contributed by atoms with Crippen LogP contribution in [0.2, 0.25) is 0 Å². The third-order valence-electron chi connectivity index (χ3n) is 6.57. The summed E-state index contributed by atoms with van der Waals surface area (Å²) in [5, 5.41) is 0. The minimum atomic E-state index is -3.30. The maximum atomic E-state index is 12.4. The largest absolute Gasteiger partial charge is 0.463 e. The van der Waals surface area contributed by atoms with Crippen LogP contribution in [-0.2, 0) is 42.2 Å². The van der Waals surface area contributed by atoms with Gasteiger partial charge in [-0.25, -0.2) is 13.2 Å². The van der Waals surface area contributed by atoms with Crippen LogP contribution in [-0.4, -0.2) is 64.4 Å². The Morgan fingerprint density at radius 3 is 2.65 bits per heavy atom. The number of nitrogens with one attached hydrogen (secondary N) is 1. The first-order chi connectivity index (χ1) is 19.1. The molecule has 2 heterocycles. The number of hydrogen-bond donors (Lipinski definition) is 1. The third-order valence-corrected chi connectivity index (χ3v) is 7.17. The van der Waals surface area contributed by atoms with Crippen LogP contribution in [0.1, 0.15) is 62.3 Å². The third kappa shape index (κ3) is 9.36. The van der Waals surface area contributed by atoms with E-state index < -0.39 is 15.8 Å². The molecule has 0 radical (unpaired) electrons. The van der Waals surface area contributed by atoms with Gasteiger partial charge in [-0.2, -0.15) is 0 Å². The first-order valence-corrected chi connectivity index (χ1v) is 15.6. The zero-order valence-corrected chi connectivity index (χ0v) is 24.3. The fourth-order valence-electron chi connectivity index (χ4n) is 4.60. The molecule has 10 nitrogen and oxygen atoms in total. The molecule has 1 N–H and O–H groups in total. The van der Waals surface area contributed by atoms with Crippen LogP contribution in [0.4, 0.5) is 10.5 Å². The van der Waals surface area contributed by atoms with Gasteiger partial charge in [0.05, 0.1) is 26.0 Å². The minimum Gasteiger partial charge on any atom is -0.463 e. The Kier molecular flexibility index (Phi) is 10.3. The summed E-state index contributed by atoms with van der Waals surface area (Å²) in [5.74, 6) is 0.171. The van der Waals surface area contributed by atoms with Crippen LogP contribution in [0, 0.1) is 0 Å². The lowest BCUT2D eigenvalue weighted by atomic mass is 10.0. The number of cyclic esters (lactones) is 1. The highest BCUT2D eigenvalue weighted by atomic mass is 32.2. The Labute approximate surface area is 236 Å². The Bertz CT molecular complexity index is 1250. The van der Waals surface area contributed by atoms with E-state index in [0.717, 1.165) is 54.4 Å². The molecule has 4 rings (SSSR count). The maximum absolute atomic E-state index is 12.4. The fourth-order valence-corrected chi connectivity index (χ4v) is 5.15. The number of unbranched alkanes of at least 4 members (excludes halogenated alkanes) is 2. The molecule has 1 atom stereocenters. The normalized spacial score (nSPS) is 18.2. The Morgan fingerprint density at radius 2 is 1.82 bits per heavy atom. The van der Waals surface area contributed by atoms with Crippen molar-refractivity contribution in [2.75, 3.05) is 43.9 Å². The smallest absolute Gasteiger partial charge is 0.410 e. The van der Waals surface area contributed by atoms with Crippen molar-refractivity contribution in [1.82, 2.24) is 4.90 Å². The van der Waals surface area contributed by atoms with Gasteiger partial charge >= 0.3 is 6.09 Å². The highest BCUT2D eigenvalue weighted by molar-refractivity contribution is 7.92. The molecule has 0 saturated carbocycles. The lowest BCUT2D eigenvalue weighted by molar-refractivity contribution is -0.180. The SMILES string of the molecule is CC1(C)OCc2cc(C3CN(CCCCCOCCCOCc4cccc(NS(C)(=O)=O)c4)C(=O)O3)ccc2O1. The number of amides is 1. The zero-order chi connectivity index (χ0) is 28.6. The minimum absolute atomic E-state index is 0.272. The monoisotopic (exact) mass is 576 g/mol. The van der Waals surface area contributed by atoms with Gasteiger partial charge in [0.25, 0.3) is 0 Å². The molecule has 11 heteroatoms.